The predicted octanol–water partition coefficient (Wildman–Crippen LogP) is 4.64. The van der Waals surface area contributed by atoms with E-state index in [1.165, 1.54) is 0 Å². The van der Waals surface area contributed by atoms with Gasteiger partial charge in [-0.15, -0.1) is 0 Å². The Labute approximate surface area is 177 Å². The van der Waals surface area contributed by atoms with Crippen molar-refractivity contribution in [2.24, 2.45) is 5.10 Å². The molecule has 1 amide bonds. The van der Waals surface area contributed by atoms with Gasteiger partial charge in [0.1, 0.15) is 6.61 Å². The summed E-state index contributed by atoms with van der Waals surface area (Å²) in [4.78, 5) is 12.2. The maximum Gasteiger partial charge on any atom is 0.272 e. The number of benzene rings is 3. The third-order valence-corrected chi connectivity index (χ3v) is 4.86. The summed E-state index contributed by atoms with van der Waals surface area (Å²) in [6.45, 7) is 0.455. The number of carbonyl (C=O) groups excluding carboxylic acids is 1. The SMILES string of the molecule is COc1cc(C=NNC(=O)c2ccccc2I)ccc1OCc1ccccc1. The van der Waals surface area contributed by atoms with Gasteiger partial charge in [0.25, 0.3) is 5.91 Å². The van der Waals surface area contributed by atoms with E-state index in [1.54, 1.807) is 19.4 Å². The van der Waals surface area contributed by atoms with Gasteiger partial charge in [-0.25, -0.2) is 5.43 Å². The molecule has 0 aliphatic carbocycles. The highest BCUT2D eigenvalue weighted by Gasteiger charge is 2.08. The molecule has 0 saturated carbocycles. The van der Waals surface area contributed by atoms with E-state index in [9.17, 15) is 4.79 Å². The number of nitrogens with zero attached hydrogens (tertiary/aromatic N) is 1. The Morgan fingerprint density at radius 1 is 1.04 bits per heavy atom. The van der Waals surface area contributed by atoms with Crippen LogP contribution in [0.1, 0.15) is 21.5 Å². The van der Waals surface area contributed by atoms with E-state index in [4.69, 9.17) is 9.47 Å². The molecule has 3 aromatic carbocycles. The zero-order chi connectivity index (χ0) is 19.8. The molecule has 0 aliphatic heterocycles. The molecule has 3 rings (SSSR count). The highest BCUT2D eigenvalue weighted by Crippen LogP contribution is 2.28. The maximum atomic E-state index is 12.2. The molecule has 0 spiro atoms. The monoisotopic (exact) mass is 486 g/mol. The van der Waals surface area contributed by atoms with Crippen molar-refractivity contribution < 1.29 is 14.3 Å². The van der Waals surface area contributed by atoms with Gasteiger partial charge in [-0.05, 0) is 64.0 Å². The molecule has 0 aliphatic rings. The average molecular weight is 486 g/mol. The molecule has 0 atom stereocenters. The summed E-state index contributed by atoms with van der Waals surface area (Å²) >= 11 is 2.12. The molecule has 28 heavy (non-hydrogen) atoms. The van der Waals surface area contributed by atoms with E-state index in [-0.39, 0.29) is 5.91 Å². The Bertz CT molecular complexity index is 975. The Morgan fingerprint density at radius 3 is 2.54 bits per heavy atom. The standard InChI is InChI=1S/C22H19IN2O3/c1-27-21-13-17(11-12-20(21)28-15-16-7-3-2-4-8-16)14-24-25-22(26)18-9-5-6-10-19(18)23/h2-14H,15H2,1H3,(H,25,26). The lowest BCUT2D eigenvalue weighted by Gasteiger charge is -2.11. The fourth-order valence-electron chi connectivity index (χ4n) is 2.49. The molecule has 0 bridgehead atoms. The average Bonchev–Trinajstić information content (AvgIpc) is 2.73. The van der Waals surface area contributed by atoms with E-state index in [0.29, 0.717) is 23.7 Å². The summed E-state index contributed by atoms with van der Waals surface area (Å²) in [6.07, 6.45) is 1.57. The first-order chi connectivity index (χ1) is 13.7. The fourth-order valence-corrected chi connectivity index (χ4v) is 3.12. The van der Waals surface area contributed by atoms with Crippen LogP contribution in [-0.4, -0.2) is 19.2 Å². The number of nitrogens with one attached hydrogen (secondary N) is 1. The van der Waals surface area contributed by atoms with Crippen molar-refractivity contribution >= 4 is 34.7 Å². The van der Waals surface area contributed by atoms with Crippen LogP contribution in [0.4, 0.5) is 0 Å². The molecular weight excluding hydrogens is 467 g/mol. The number of rotatable bonds is 7. The molecule has 0 unspecified atom stereocenters. The van der Waals surface area contributed by atoms with Gasteiger partial charge < -0.3 is 9.47 Å². The molecule has 0 radical (unpaired) electrons. The number of hydrogen-bond donors (Lipinski definition) is 1. The first-order valence-electron chi connectivity index (χ1n) is 8.60. The second kappa shape index (κ2) is 9.89. The van der Waals surface area contributed by atoms with E-state index in [0.717, 1.165) is 14.7 Å². The second-order valence-corrected chi connectivity index (χ2v) is 7.03. The zero-order valence-electron chi connectivity index (χ0n) is 15.3. The Balaban J connectivity index is 1.63. The van der Waals surface area contributed by atoms with Crippen molar-refractivity contribution in [2.75, 3.05) is 7.11 Å². The minimum absolute atomic E-state index is 0.254. The van der Waals surface area contributed by atoms with Crippen molar-refractivity contribution in [1.82, 2.24) is 5.43 Å². The van der Waals surface area contributed by atoms with Crippen LogP contribution < -0.4 is 14.9 Å². The first kappa shape index (κ1) is 19.9. The lowest BCUT2D eigenvalue weighted by molar-refractivity contribution is 0.0954. The van der Waals surface area contributed by atoms with Crippen LogP contribution in [0, 0.1) is 3.57 Å². The van der Waals surface area contributed by atoms with Gasteiger partial charge in [0, 0.05) is 3.57 Å². The minimum Gasteiger partial charge on any atom is -0.493 e. The van der Waals surface area contributed by atoms with Crippen LogP contribution in [0.3, 0.4) is 0 Å². The van der Waals surface area contributed by atoms with Gasteiger partial charge in [-0.3, -0.25) is 4.79 Å². The molecular formula is C22H19IN2O3. The van der Waals surface area contributed by atoms with E-state index in [1.807, 2.05) is 66.7 Å². The van der Waals surface area contributed by atoms with Crippen LogP contribution in [0.2, 0.25) is 0 Å². The van der Waals surface area contributed by atoms with Crippen molar-refractivity contribution in [1.29, 1.82) is 0 Å². The number of ether oxygens (including phenoxy) is 2. The van der Waals surface area contributed by atoms with Crippen LogP contribution in [0.15, 0.2) is 77.9 Å². The summed E-state index contributed by atoms with van der Waals surface area (Å²) in [7, 11) is 1.59. The molecule has 142 valence electrons. The zero-order valence-corrected chi connectivity index (χ0v) is 17.4. The summed E-state index contributed by atoms with van der Waals surface area (Å²) in [5.74, 6) is 0.992. The second-order valence-electron chi connectivity index (χ2n) is 5.86. The van der Waals surface area contributed by atoms with Gasteiger partial charge in [-0.1, -0.05) is 42.5 Å². The lowest BCUT2D eigenvalue weighted by atomic mass is 10.2. The van der Waals surface area contributed by atoms with Crippen molar-refractivity contribution in [3.8, 4) is 11.5 Å². The number of hydrazone groups is 1. The Hall–Kier alpha value is -2.87. The van der Waals surface area contributed by atoms with Crippen LogP contribution >= 0.6 is 22.6 Å². The first-order valence-corrected chi connectivity index (χ1v) is 9.68. The highest BCUT2D eigenvalue weighted by atomic mass is 127. The van der Waals surface area contributed by atoms with Gasteiger partial charge in [0.15, 0.2) is 11.5 Å². The summed E-state index contributed by atoms with van der Waals surface area (Å²) in [5, 5.41) is 4.03. The molecule has 5 nitrogen and oxygen atoms in total. The molecule has 1 N–H and O–H groups in total. The van der Waals surface area contributed by atoms with Crippen LogP contribution in [-0.2, 0) is 6.61 Å². The summed E-state index contributed by atoms with van der Waals surface area (Å²) in [5.41, 5.74) is 4.99. The number of amides is 1. The predicted molar refractivity (Wildman–Crippen MR) is 118 cm³/mol. The third kappa shape index (κ3) is 5.32. The van der Waals surface area contributed by atoms with Crippen LogP contribution in [0.5, 0.6) is 11.5 Å². The molecule has 0 heterocycles. The van der Waals surface area contributed by atoms with E-state index >= 15 is 0 Å². The smallest absolute Gasteiger partial charge is 0.272 e. The van der Waals surface area contributed by atoms with Gasteiger partial charge >= 0.3 is 0 Å². The number of methoxy groups -OCH3 is 1. The molecule has 0 aromatic heterocycles. The number of halogens is 1. The quantitative estimate of drug-likeness (QED) is 0.301. The van der Waals surface area contributed by atoms with Crippen molar-refractivity contribution in [3.63, 3.8) is 0 Å². The summed E-state index contributed by atoms with van der Waals surface area (Å²) in [6, 6.07) is 22.7. The molecule has 0 fully saturated rings. The van der Waals surface area contributed by atoms with Gasteiger partial charge in [0.2, 0.25) is 0 Å². The largest absolute Gasteiger partial charge is 0.493 e. The Kier molecular flexibility index (Phi) is 7.02. The maximum absolute atomic E-state index is 12.2. The molecule has 0 saturated heterocycles. The van der Waals surface area contributed by atoms with Crippen molar-refractivity contribution in [2.45, 2.75) is 6.61 Å². The fraction of sp³-hybridized carbons (Fsp3) is 0.0909. The lowest BCUT2D eigenvalue weighted by Crippen LogP contribution is -2.18. The van der Waals surface area contributed by atoms with E-state index < -0.39 is 0 Å². The van der Waals surface area contributed by atoms with Crippen molar-refractivity contribution in [3.05, 3.63) is 93.1 Å². The third-order valence-electron chi connectivity index (χ3n) is 3.92. The normalized spacial score (nSPS) is 10.6. The minimum atomic E-state index is -0.254. The topological polar surface area (TPSA) is 59.9 Å². The van der Waals surface area contributed by atoms with Gasteiger partial charge in [0.05, 0.1) is 18.9 Å². The number of carbonyl (C=O) groups is 1. The molecule has 3 aromatic rings. The summed E-state index contributed by atoms with van der Waals surface area (Å²) < 4.78 is 12.1. The van der Waals surface area contributed by atoms with Crippen LogP contribution in [0.25, 0.3) is 0 Å². The number of hydrogen-bond acceptors (Lipinski definition) is 4. The highest BCUT2D eigenvalue weighted by molar-refractivity contribution is 14.1. The Morgan fingerprint density at radius 2 is 1.79 bits per heavy atom. The van der Waals surface area contributed by atoms with Gasteiger partial charge in [-0.2, -0.15) is 5.10 Å². The van der Waals surface area contributed by atoms with E-state index in [2.05, 4.69) is 33.1 Å². The molecule has 6 heteroatoms.